The summed E-state index contributed by atoms with van der Waals surface area (Å²) in [5, 5.41) is 6.74. The predicted molar refractivity (Wildman–Crippen MR) is 101 cm³/mol. The first-order chi connectivity index (χ1) is 12.3. The van der Waals surface area contributed by atoms with Crippen molar-refractivity contribution in [3.8, 4) is 0 Å². The van der Waals surface area contributed by atoms with E-state index >= 15 is 0 Å². The summed E-state index contributed by atoms with van der Waals surface area (Å²) in [4.78, 5) is 30.9. The zero-order valence-electron chi connectivity index (χ0n) is 14.0. The maximum atomic E-state index is 12.4. The quantitative estimate of drug-likeness (QED) is 0.790. The van der Waals surface area contributed by atoms with Crippen LogP contribution >= 0.6 is 22.7 Å². The number of nitrogens with one attached hydrogen (secondary N) is 1. The van der Waals surface area contributed by atoms with Crippen molar-refractivity contribution in [1.82, 2.24) is 14.2 Å². The lowest BCUT2D eigenvalue weighted by atomic mass is 10.2. The maximum absolute atomic E-state index is 12.4. The molecule has 26 heavy (non-hydrogen) atoms. The third-order valence-electron chi connectivity index (χ3n) is 3.91. The molecule has 0 radical (unpaired) electrons. The van der Waals surface area contributed by atoms with E-state index in [1.165, 1.54) is 33.2 Å². The molecule has 0 bridgehead atoms. The van der Waals surface area contributed by atoms with E-state index in [1.54, 1.807) is 22.4 Å². The normalized spacial score (nSPS) is 15.8. The number of hydrogen-bond acceptors (Lipinski definition) is 7. The van der Waals surface area contributed by atoms with Crippen LogP contribution in [0.3, 0.4) is 0 Å². The van der Waals surface area contributed by atoms with Gasteiger partial charge in [0.2, 0.25) is 15.9 Å². The van der Waals surface area contributed by atoms with Crippen molar-refractivity contribution >= 4 is 49.6 Å². The Bertz CT molecular complexity index is 884. The number of anilines is 1. The summed E-state index contributed by atoms with van der Waals surface area (Å²) in [5.74, 6) is -0.316. The van der Waals surface area contributed by atoms with Crippen LogP contribution in [0.4, 0.5) is 5.13 Å². The molecule has 8 nitrogen and oxygen atoms in total. The van der Waals surface area contributed by atoms with Gasteiger partial charge in [-0.05, 0) is 11.4 Å². The van der Waals surface area contributed by atoms with Gasteiger partial charge in [0.25, 0.3) is 5.91 Å². The van der Waals surface area contributed by atoms with E-state index in [9.17, 15) is 18.0 Å². The molecule has 1 N–H and O–H groups in total. The van der Waals surface area contributed by atoms with Gasteiger partial charge in [0.15, 0.2) is 5.13 Å². The Labute approximate surface area is 159 Å². The second-order valence-electron chi connectivity index (χ2n) is 5.80. The van der Waals surface area contributed by atoms with Crippen molar-refractivity contribution in [1.29, 1.82) is 0 Å². The second kappa shape index (κ2) is 7.82. The molecule has 2 aromatic rings. The molecule has 0 saturated carbocycles. The minimum Gasteiger partial charge on any atom is -0.340 e. The summed E-state index contributed by atoms with van der Waals surface area (Å²) < 4.78 is 24.4. The molecule has 1 aliphatic heterocycles. The number of rotatable bonds is 5. The van der Waals surface area contributed by atoms with Gasteiger partial charge in [-0.2, -0.15) is 4.31 Å². The number of thiazole rings is 1. The van der Waals surface area contributed by atoms with Crippen LogP contribution in [0, 0.1) is 0 Å². The van der Waals surface area contributed by atoms with Gasteiger partial charge < -0.3 is 4.90 Å². The van der Waals surface area contributed by atoms with E-state index in [4.69, 9.17) is 0 Å². The number of carbonyl (C=O) groups is 2. The van der Waals surface area contributed by atoms with Gasteiger partial charge >= 0.3 is 0 Å². The first-order valence-electron chi connectivity index (χ1n) is 7.85. The molecule has 0 aromatic carbocycles. The fraction of sp³-hybridized carbons (Fsp3) is 0.400. The van der Waals surface area contributed by atoms with Crippen molar-refractivity contribution in [3.63, 3.8) is 0 Å². The lowest BCUT2D eigenvalue weighted by Crippen LogP contribution is -2.50. The van der Waals surface area contributed by atoms with Crippen LogP contribution in [0.15, 0.2) is 22.9 Å². The first kappa shape index (κ1) is 19.0. The summed E-state index contributed by atoms with van der Waals surface area (Å²) in [7, 11) is -3.22. The van der Waals surface area contributed by atoms with E-state index in [0.29, 0.717) is 41.9 Å². The number of amides is 2. The Morgan fingerprint density at radius 1 is 1.23 bits per heavy atom. The minimum atomic E-state index is -3.22. The van der Waals surface area contributed by atoms with E-state index in [2.05, 4.69) is 10.3 Å². The van der Waals surface area contributed by atoms with Gasteiger partial charge in [-0.15, -0.1) is 22.7 Å². The molecule has 0 aliphatic carbocycles. The highest BCUT2D eigenvalue weighted by atomic mass is 32.2. The monoisotopic (exact) mass is 414 g/mol. The molecule has 0 atom stereocenters. The topological polar surface area (TPSA) is 99.7 Å². The lowest BCUT2D eigenvalue weighted by Gasteiger charge is -2.33. The van der Waals surface area contributed by atoms with Crippen molar-refractivity contribution in [2.75, 3.05) is 37.8 Å². The van der Waals surface area contributed by atoms with Gasteiger partial charge in [0.1, 0.15) is 0 Å². The number of hydrogen-bond donors (Lipinski definition) is 1. The third-order valence-corrected chi connectivity index (χ3v) is 6.89. The van der Waals surface area contributed by atoms with Crippen molar-refractivity contribution in [2.24, 2.45) is 0 Å². The lowest BCUT2D eigenvalue weighted by molar-refractivity contribution is -0.131. The number of thiophene rings is 1. The molecule has 140 valence electrons. The molecule has 1 fully saturated rings. The van der Waals surface area contributed by atoms with Gasteiger partial charge in [-0.1, -0.05) is 6.07 Å². The van der Waals surface area contributed by atoms with Gasteiger partial charge in [-0.25, -0.2) is 13.4 Å². The number of aromatic nitrogens is 1. The Morgan fingerprint density at radius 2 is 1.96 bits per heavy atom. The van der Waals surface area contributed by atoms with Crippen LogP contribution in [0.2, 0.25) is 0 Å². The number of sulfonamides is 1. The summed E-state index contributed by atoms with van der Waals surface area (Å²) in [6.45, 7) is 1.36. The van der Waals surface area contributed by atoms with Crippen LogP contribution in [-0.4, -0.2) is 66.9 Å². The molecule has 11 heteroatoms. The molecule has 2 amide bonds. The Hall–Kier alpha value is -1.82. The average molecular weight is 415 g/mol. The largest absolute Gasteiger partial charge is 0.340 e. The molecular formula is C15H18N4O4S3. The molecule has 1 saturated heterocycles. The highest BCUT2D eigenvalue weighted by Gasteiger charge is 2.26. The minimum absolute atomic E-state index is 0.0976. The smallest absolute Gasteiger partial charge is 0.267 e. The Morgan fingerprint density at radius 3 is 2.58 bits per heavy atom. The highest BCUT2D eigenvalue weighted by molar-refractivity contribution is 7.88. The van der Waals surface area contributed by atoms with Crippen LogP contribution in [0.5, 0.6) is 0 Å². The van der Waals surface area contributed by atoms with Gasteiger partial charge in [0, 0.05) is 31.6 Å². The van der Waals surface area contributed by atoms with Crippen molar-refractivity contribution in [3.05, 3.63) is 33.5 Å². The van der Waals surface area contributed by atoms with Crippen LogP contribution < -0.4 is 5.32 Å². The van der Waals surface area contributed by atoms with Crippen LogP contribution in [-0.2, 0) is 21.2 Å². The standard InChI is InChI=1S/C15H18N4O4S3/c1-26(22,23)19-6-4-18(5-7-19)13(20)9-11-10-25-15(16-11)17-14(21)12-3-2-8-24-12/h2-3,8,10H,4-7,9H2,1H3,(H,16,17,21). The molecule has 2 aromatic heterocycles. The van der Waals surface area contributed by atoms with E-state index in [-0.39, 0.29) is 18.2 Å². The zero-order chi connectivity index (χ0) is 18.7. The SMILES string of the molecule is CS(=O)(=O)N1CCN(C(=O)Cc2csc(NC(=O)c3cccs3)n2)CC1. The summed E-state index contributed by atoms with van der Waals surface area (Å²) in [6.07, 6.45) is 1.30. The Balaban J connectivity index is 1.53. The van der Waals surface area contributed by atoms with Gasteiger partial charge in [0.05, 0.1) is 23.2 Å². The number of piperazine rings is 1. The van der Waals surface area contributed by atoms with E-state index < -0.39 is 10.0 Å². The molecule has 1 aliphatic rings. The summed E-state index contributed by atoms with van der Waals surface area (Å²) >= 11 is 2.62. The van der Waals surface area contributed by atoms with Crippen molar-refractivity contribution < 1.29 is 18.0 Å². The maximum Gasteiger partial charge on any atom is 0.267 e. The predicted octanol–water partition coefficient (Wildman–Crippen LogP) is 1.10. The molecule has 0 unspecified atom stereocenters. The molecule has 3 rings (SSSR count). The zero-order valence-corrected chi connectivity index (χ0v) is 16.5. The fourth-order valence-corrected chi connectivity index (χ4v) is 4.70. The summed E-state index contributed by atoms with van der Waals surface area (Å²) in [6, 6.07) is 3.53. The first-order valence-corrected chi connectivity index (χ1v) is 11.5. The average Bonchev–Trinajstić information content (AvgIpc) is 3.26. The van der Waals surface area contributed by atoms with Crippen LogP contribution in [0.25, 0.3) is 0 Å². The van der Waals surface area contributed by atoms with Crippen LogP contribution in [0.1, 0.15) is 15.4 Å². The molecule has 3 heterocycles. The highest BCUT2D eigenvalue weighted by Crippen LogP contribution is 2.19. The number of carbonyl (C=O) groups excluding carboxylic acids is 2. The summed E-state index contributed by atoms with van der Waals surface area (Å²) in [5.41, 5.74) is 0.590. The van der Waals surface area contributed by atoms with E-state index in [0.717, 1.165) is 0 Å². The van der Waals surface area contributed by atoms with Crippen molar-refractivity contribution in [2.45, 2.75) is 6.42 Å². The van der Waals surface area contributed by atoms with E-state index in [1.807, 2.05) is 5.38 Å². The third kappa shape index (κ3) is 4.67. The second-order valence-corrected chi connectivity index (χ2v) is 9.58. The fourth-order valence-electron chi connectivity index (χ4n) is 2.55. The molecular weight excluding hydrogens is 396 g/mol. The molecule has 0 spiro atoms. The number of nitrogens with zero attached hydrogens (tertiary/aromatic N) is 3. The Kier molecular flexibility index (Phi) is 5.70. The van der Waals surface area contributed by atoms with Gasteiger partial charge in [-0.3, -0.25) is 14.9 Å².